The molecule has 22 heavy (non-hydrogen) atoms. The summed E-state index contributed by atoms with van der Waals surface area (Å²) >= 11 is 0. The van der Waals surface area contributed by atoms with Gasteiger partial charge in [0.2, 0.25) is 0 Å². The minimum Gasteiger partial charge on any atom is -0.478 e. The minimum absolute atomic E-state index is 0.205. The van der Waals surface area contributed by atoms with E-state index in [0.717, 1.165) is 31.2 Å². The van der Waals surface area contributed by atoms with E-state index < -0.39 is 5.97 Å². The van der Waals surface area contributed by atoms with Crippen molar-refractivity contribution in [1.82, 2.24) is 4.90 Å². The SMILES string of the molecule is CN(C)C(c1ccc(F)cc1)C1CCC(C=CC(=O)O)CC1. The van der Waals surface area contributed by atoms with Crippen LogP contribution in [-0.2, 0) is 4.79 Å². The Morgan fingerprint density at radius 2 is 1.82 bits per heavy atom. The highest BCUT2D eigenvalue weighted by Gasteiger charge is 2.29. The van der Waals surface area contributed by atoms with Gasteiger partial charge in [0.05, 0.1) is 0 Å². The van der Waals surface area contributed by atoms with Crippen molar-refractivity contribution in [2.75, 3.05) is 14.1 Å². The number of halogens is 1. The van der Waals surface area contributed by atoms with Gasteiger partial charge < -0.3 is 10.0 Å². The van der Waals surface area contributed by atoms with Crippen LogP contribution >= 0.6 is 0 Å². The standard InChI is InChI=1S/C18H24FNO2/c1-20(2)18(15-8-10-16(19)11-9-15)14-6-3-13(4-7-14)5-12-17(21)22/h5,8-14,18H,3-4,6-7H2,1-2H3,(H,21,22). The molecule has 1 aliphatic carbocycles. The maximum Gasteiger partial charge on any atom is 0.327 e. The van der Waals surface area contributed by atoms with E-state index in [2.05, 4.69) is 19.0 Å². The summed E-state index contributed by atoms with van der Waals surface area (Å²) in [7, 11) is 4.12. The number of carboxylic acid groups (broad SMARTS) is 1. The highest BCUT2D eigenvalue weighted by molar-refractivity contribution is 5.79. The van der Waals surface area contributed by atoms with Gasteiger partial charge in [0.25, 0.3) is 0 Å². The van der Waals surface area contributed by atoms with E-state index in [1.54, 1.807) is 0 Å². The summed E-state index contributed by atoms with van der Waals surface area (Å²) in [5, 5.41) is 8.70. The lowest BCUT2D eigenvalue weighted by Crippen LogP contribution is -2.30. The summed E-state index contributed by atoms with van der Waals surface area (Å²) in [6, 6.07) is 7.07. The molecule has 1 saturated carbocycles. The van der Waals surface area contributed by atoms with Gasteiger partial charge in [-0.1, -0.05) is 18.2 Å². The van der Waals surface area contributed by atoms with Crippen molar-refractivity contribution in [3.8, 4) is 0 Å². The van der Waals surface area contributed by atoms with E-state index in [0.29, 0.717) is 11.8 Å². The number of rotatable bonds is 5. The van der Waals surface area contributed by atoms with E-state index >= 15 is 0 Å². The molecule has 0 aromatic heterocycles. The van der Waals surface area contributed by atoms with Crippen LogP contribution in [0.15, 0.2) is 36.4 Å². The zero-order valence-corrected chi connectivity index (χ0v) is 13.2. The molecule has 0 spiro atoms. The van der Waals surface area contributed by atoms with Gasteiger partial charge in [-0.2, -0.15) is 0 Å². The van der Waals surface area contributed by atoms with Crippen molar-refractivity contribution in [3.63, 3.8) is 0 Å². The maximum atomic E-state index is 13.1. The van der Waals surface area contributed by atoms with Crippen LogP contribution in [-0.4, -0.2) is 30.1 Å². The predicted molar refractivity (Wildman–Crippen MR) is 85.1 cm³/mol. The second kappa shape index (κ2) is 7.54. The van der Waals surface area contributed by atoms with E-state index in [-0.39, 0.29) is 11.9 Å². The summed E-state index contributed by atoms with van der Waals surface area (Å²) in [4.78, 5) is 12.8. The van der Waals surface area contributed by atoms with Crippen molar-refractivity contribution in [1.29, 1.82) is 0 Å². The molecule has 0 heterocycles. The Bertz CT molecular complexity index is 516. The highest BCUT2D eigenvalue weighted by Crippen LogP contribution is 2.39. The topological polar surface area (TPSA) is 40.5 Å². The molecule has 0 aliphatic heterocycles. The molecule has 1 aromatic rings. The summed E-state index contributed by atoms with van der Waals surface area (Å²) in [5.74, 6) is -0.193. The molecule has 1 aliphatic rings. The summed E-state index contributed by atoms with van der Waals surface area (Å²) in [6.45, 7) is 0. The lowest BCUT2D eigenvalue weighted by atomic mass is 9.76. The average Bonchev–Trinajstić information content (AvgIpc) is 2.48. The molecular formula is C18H24FNO2. The third-order valence-corrected chi connectivity index (χ3v) is 4.54. The van der Waals surface area contributed by atoms with Crippen LogP contribution in [0.3, 0.4) is 0 Å². The van der Waals surface area contributed by atoms with Crippen molar-refractivity contribution >= 4 is 5.97 Å². The van der Waals surface area contributed by atoms with Crippen LogP contribution in [0.4, 0.5) is 4.39 Å². The first-order valence-corrected chi connectivity index (χ1v) is 7.80. The molecule has 0 amide bonds. The van der Waals surface area contributed by atoms with Crippen molar-refractivity contribution in [3.05, 3.63) is 47.8 Å². The van der Waals surface area contributed by atoms with Crippen LogP contribution in [0.25, 0.3) is 0 Å². The molecule has 0 radical (unpaired) electrons. The van der Waals surface area contributed by atoms with Crippen LogP contribution in [0, 0.1) is 17.7 Å². The van der Waals surface area contributed by atoms with Gasteiger partial charge in [-0.3, -0.25) is 0 Å². The van der Waals surface area contributed by atoms with Gasteiger partial charge >= 0.3 is 5.97 Å². The predicted octanol–water partition coefficient (Wildman–Crippen LogP) is 3.88. The molecule has 1 aromatic carbocycles. The highest BCUT2D eigenvalue weighted by atomic mass is 19.1. The number of allylic oxidation sites excluding steroid dienone is 1. The molecule has 1 fully saturated rings. The average molecular weight is 305 g/mol. The Kier molecular flexibility index (Phi) is 5.72. The number of hydrogen-bond acceptors (Lipinski definition) is 2. The normalized spacial score (nSPS) is 23.8. The molecule has 0 bridgehead atoms. The summed E-state index contributed by atoms with van der Waals surface area (Å²) < 4.78 is 13.1. The monoisotopic (exact) mass is 305 g/mol. The Labute approximate surface area is 131 Å². The fourth-order valence-electron chi connectivity index (χ4n) is 3.52. The zero-order valence-electron chi connectivity index (χ0n) is 13.2. The fourth-order valence-corrected chi connectivity index (χ4v) is 3.52. The third-order valence-electron chi connectivity index (χ3n) is 4.54. The van der Waals surface area contributed by atoms with E-state index in [9.17, 15) is 9.18 Å². The Hall–Kier alpha value is -1.68. The first kappa shape index (κ1) is 16.7. The zero-order chi connectivity index (χ0) is 16.1. The van der Waals surface area contributed by atoms with Gasteiger partial charge in [-0.05, 0) is 69.3 Å². The minimum atomic E-state index is -0.875. The number of carboxylic acids is 1. The van der Waals surface area contributed by atoms with Gasteiger partial charge in [-0.15, -0.1) is 0 Å². The van der Waals surface area contributed by atoms with Crippen LogP contribution in [0.1, 0.15) is 37.3 Å². The lowest BCUT2D eigenvalue weighted by molar-refractivity contribution is -0.131. The van der Waals surface area contributed by atoms with E-state index in [1.807, 2.05) is 18.2 Å². The van der Waals surface area contributed by atoms with E-state index in [4.69, 9.17) is 5.11 Å². The molecule has 1 N–H and O–H groups in total. The second-order valence-electron chi connectivity index (χ2n) is 6.33. The molecule has 1 atom stereocenters. The van der Waals surface area contributed by atoms with Crippen molar-refractivity contribution in [2.45, 2.75) is 31.7 Å². The van der Waals surface area contributed by atoms with Gasteiger partial charge in [0, 0.05) is 12.1 Å². The summed E-state index contributed by atoms with van der Waals surface area (Å²) in [5.41, 5.74) is 1.15. The summed E-state index contributed by atoms with van der Waals surface area (Å²) in [6.07, 6.45) is 7.24. The first-order valence-electron chi connectivity index (χ1n) is 7.80. The molecule has 2 rings (SSSR count). The number of hydrogen-bond donors (Lipinski definition) is 1. The number of nitrogens with zero attached hydrogens (tertiary/aromatic N) is 1. The molecule has 3 nitrogen and oxygen atoms in total. The van der Waals surface area contributed by atoms with Gasteiger partial charge in [0.1, 0.15) is 5.82 Å². The van der Waals surface area contributed by atoms with E-state index in [1.165, 1.54) is 18.2 Å². The van der Waals surface area contributed by atoms with Crippen molar-refractivity contribution < 1.29 is 14.3 Å². The van der Waals surface area contributed by atoms with Gasteiger partial charge in [0.15, 0.2) is 0 Å². The van der Waals surface area contributed by atoms with Gasteiger partial charge in [-0.25, -0.2) is 9.18 Å². The quantitative estimate of drug-likeness (QED) is 0.839. The molecule has 4 heteroatoms. The number of aliphatic carboxylic acids is 1. The van der Waals surface area contributed by atoms with Crippen LogP contribution < -0.4 is 0 Å². The fraction of sp³-hybridized carbons (Fsp3) is 0.500. The molecule has 1 unspecified atom stereocenters. The second-order valence-corrected chi connectivity index (χ2v) is 6.33. The lowest BCUT2D eigenvalue weighted by Gasteiger charge is -2.37. The largest absolute Gasteiger partial charge is 0.478 e. The molecule has 120 valence electrons. The van der Waals surface area contributed by atoms with Crippen LogP contribution in [0.5, 0.6) is 0 Å². The maximum absolute atomic E-state index is 13.1. The first-order chi connectivity index (χ1) is 10.5. The smallest absolute Gasteiger partial charge is 0.327 e. The number of benzene rings is 1. The third kappa shape index (κ3) is 4.41. The van der Waals surface area contributed by atoms with Crippen molar-refractivity contribution in [2.24, 2.45) is 11.8 Å². The molecule has 0 saturated heterocycles. The Morgan fingerprint density at radius 1 is 1.23 bits per heavy atom. The number of carbonyl (C=O) groups is 1. The Balaban J connectivity index is 2.03. The molecular weight excluding hydrogens is 281 g/mol. The van der Waals surface area contributed by atoms with Crippen LogP contribution in [0.2, 0.25) is 0 Å². The Morgan fingerprint density at radius 3 is 2.32 bits per heavy atom.